The van der Waals surface area contributed by atoms with Crippen molar-refractivity contribution in [3.05, 3.63) is 0 Å². The van der Waals surface area contributed by atoms with Crippen LogP contribution in [0.2, 0.25) is 65.5 Å². The Morgan fingerprint density at radius 2 is 0.870 bits per heavy atom. The van der Waals surface area contributed by atoms with E-state index in [2.05, 4.69) is 89.3 Å². The quantitative estimate of drug-likeness (QED) is 0.519. The summed E-state index contributed by atoms with van der Waals surface area (Å²) in [6.07, 6.45) is 2.35. The van der Waals surface area contributed by atoms with Gasteiger partial charge in [0.2, 0.25) is 0 Å². The molecule has 2 N–H and O–H groups in total. The monoisotopic (exact) mass is 392 g/mol. The van der Waals surface area contributed by atoms with E-state index < -0.39 is 33.1 Å². The molecule has 0 aliphatic rings. The van der Waals surface area contributed by atoms with Crippen LogP contribution >= 0.6 is 0 Å². The first-order valence-electron chi connectivity index (χ1n) is 9.29. The summed E-state index contributed by atoms with van der Waals surface area (Å²) in [6.45, 7) is 28.7. The molecule has 0 fully saturated rings. The van der Waals surface area contributed by atoms with Crippen molar-refractivity contribution in [2.24, 2.45) is 0 Å². The molecule has 0 aromatic carbocycles. The van der Waals surface area contributed by atoms with Crippen molar-refractivity contribution in [1.82, 2.24) is 9.96 Å². The van der Waals surface area contributed by atoms with Gasteiger partial charge in [0.1, 0.15) is 16.5 Å². The van der Waals surface area contributed by atoms with E-state index in [9.17, 15) is 0 Å². The van der Waals surface area contributed by atoms with Crippen molar-refractivity contribution >= 4 is 33.1 Å². The van der Waals surface area contributed by atoms with Crippen LogP contribution in [0, 0.1) is 0 Å². The lowest BCUT2D eigenvalue weighted by molar-refractivity contribution is 0.476. The van der Waals surface area contributed by atoms with Crippen LogP contribution in [0.5, 0.6) is 0 Å². The predicted molar refractivity (Wildman–Crippen MR) is 117 cm³/mol. The van der Waals surface area contributed by atoms with Gasteiger partial charge in [-0.25, -0.2) is 0 Å². The molecule has 0 amide bonds. The van der Waals surface area contributed by atoms with E-state index in [1.54, 1.807) is 0 Å². The van der Waals surface area contributed by atoms with Crippen LogP contribution in [0.15, 0.2) is 0 Å². The van der Waals surface area contributed by atoms with E-state index in [0.29, 0.717) is 11.3 Å². The molecule has 0 spiro atoms. The maximum Gasteiger partial charge on any atom is 0.189 e. The summed E-state index contributed by atoms with van der Waals surface area (Å²) in [4.78, 5) is 7.92. The lowest BCUT2D eigenvalue weighted by Crippen LogP contribution is -2.67. The van der Waals surface area contributed by atoms with Gasteiger partial charge < -0.3 is 14.1 Å². The van der Waals surface area contributed by atoms with Crippen LogP contribution in [0.1, 0.15) is 26.7 Å². The molecular weight excluding hydrogens is 349 g/mol. The molecule has 0 aromatic heterocycles. The largest absolute Gasteiger partial charge is 0.453 e. The second kappa shape index (κ2) is 8.42. The van der Waals surface area contributed by atoms with Crippen LogP contribution in [0.3, 0.4) is 0 Å². The Morgan fingerprint density at radius 1 is 0.609 bits per heavy atom. The van der Waals surface area contributed by atoms with Crippen molar-refractivity contribution in [2.45, 2.75) is 103 Å². The molecule has 0 bridgehead atoms. The standard InChI is InChI=1S/C16H44N2OSi4/c1-13-15(17-20(3,4)5)22(9,10)19-23(11,12)16(14-2)18-21(6,7)8/h15-18H,13-14H2,1-12H3. The van der Waals surface area contributed by atoms with E-state index >= 15 is 0 Å². The van der Waals surface area contributed by atoms with E-state index in [4.69, 9.17) is 4.12 Å². The Hall–Kier alpha value is 0.748. The molecular formula is C16H44N2OSi4. The molecule has 0 rings (SSSR count). The summed E-state index contributed by atoms with van der Waals surface area (Å²) in [5, 5.41) is 0. The van der Waals surface area contributed by atoms with Gasteiger partial charge in [-0.3, -0.25) is 0 Å². The van der Waals surface area contributed by atoms with E-state index in [1.165, 1.54) is 12.8 Å². The van der Waals surface area contributed by atoms with Crippen LogP contribution in [-0.4, -0.2) is 44.4 Å². The zero-order valence-corrected chi connectivity index (χ0v) is 22.0. The fourth-order valence-electron chi connectivity index (χ4n) is 3.40. The first kappa shape index (κ1) is 23.7. The van der Waals surface area contributed by atoms with Gasteiger partial charge in [0.25, 0.3) is 0 Å². The molecule has 0 saturated carbocycles. The first-order chi connectivity index (χ1) is 10.0. The van der Waals surface area contributed by atoms with Crippen LogP contribution < -0.4 is 9.96 Å². The van der Waals surface area contributed by atoms with Crippen molar-refractivity contribution < 1.29 is 4.12 Å². The van der Waals surface area contributed by atoms with Crippen LogP contribution in [0.25, 0.3) is 0 Å². The molecule has 7 heteroatoms. The molecule has 0 radical (unpaired) electrons. The highest BCUT2D eigenvalue weighted by molar-refractivity contribution is 6.88. The normalized spacial score (nSPS) is 17.2. The molecule has 0 aliphatic carbocycles. The Kier molecular flexibility index (Phi) is 8.69. The zero-order valence-electron chi connectivity index (χ0n) is 18.0. The second-order valence-corrected chi connectivity index (χ2v) is 28.2. The fourth-order valence-corrected chi connectivity index (χ4v) is 19.8. The Bertz CT molecular complexity index is 328. The third-order valence-electron chi connectivity index (χ3n) is 4.24. The van der Waals surface area contributed by atoms with Gasteiger partial charge in [0.05, 0.1) is 0 Å². The average Bonchev–Trinajstić information content (AvgIpc) is 2.29. The summed E-state index contributed by atoms with van der Waals surface area (Å²) < 4.78 is 7.02. The lowest BCUT2D eigenvalue weighted by Gasteiger charge is -2.45. The lowest BCUT2D eigenvalue weighted by atomic mass is 10.5. The van der Waals surface area contributed by atoms with Gasteiger partial charge in [0.15, 0.2) is 16.6 Å². The SMILES string of the molecule is CCC(N[Si](C)(C)C)[Si](C)(C)O[Si](C)(C)C(CC)N[Si](C)(C)C. The molecule has 0 saturated heterocycles. The molecule has 2 atom stereocenters. The minimum Gasteiger partial charge on any atom is -0.453 e. The minimum atomic E-state index is -1.77. The number of rotatable bonds is 10. The number of hydrogen-bond acceptors (Lipinski definition) is 3. The van der Waals surface area contributed by atoms with Crippen molar-refractivity contribution in [3.8, 4) is 0 Å². The second-order valence-electron chi connectivity index (χ2n) is 10.0. The minimum absolute atomic E-state index is 0.560. The predicted octanol–water partition coefficient (Wildman–Crippen LogP) is 4.90. The summed E-state index contributed by atoms with van der Waals surface area (Å²) in [6, 6.07) is 0. The van der Waals surface area contributed by atoms with Gasteiger partial charge in [-0.15, -0.1) is 0 Å². The fraction of sp³-hybridized carbons (Fsp3) is 1.00. The third-order valence-corrected chi connectivity index (χ3v) is 15.9. The average molecular weight is 393 g/mol. The van der Waals surface area contributed by atoms with Gasteiger partial charge in [-0.1, -0.05) is 53.1 Å². The summed E-state index contributed by atoms with van der Waals surface area (Å²) in [5.74, 6) is 0. The molecule has 23 heavy (non-hydrogen) atoms. The smallest absolute Gasteiger partial charge is 0.189 e. The maximum atomic E-state index is 7.02. The Balaban J connectivity index is 5.21. The Morgan fingerprint density at radius 3 is 1.04 bits per heavy atom. The number of hydrogen-bond donors (Lipinski definition) is 2. The van der Waals surface area contributed by atoms with Gasteiger partial charge in [0, 0.05) is 11.3 Å². The highest BCUT2D eigenvalue weighted by Gasteiger charge is 2.43. The van der Waals surface area contributed by atoms with Crippen LogP contribution in [-0.2, 0) is 4.12 Å². The summed E-state index contributed by atoms with van der Waals surface area (Å²) in [5.41, 5.74) is 1.12. The molecule has 2 unspecified atom stereocenters. The van der Waals surface area contributed by atoms with Crippen molar-refractivity contribution in [1.29, 1.82) is 0 Å². The van der Waals surface area contributed by atoms with E-state index in [-0.39, 0.29) is 0 Å². The molecule has 0 aliphatic heterocycles. The van der Waals surface area contributed by atoms with Crippen LogP contribution in [0.4, 0.5) is 0 Å². The van der Waals surface area contributed by atoms with E-state index in [1.807, 2.05) is 0 Å². The van der Waals surface area contributed by atoms with Gasteiger partial charge >= 0.3 is 0 Å². The highest BCUT2D eigenvalue weighted by Crippen LogP contribution is 2.25. The Labute approximate surface area is 150 Å². The maximum absolute atomic E-state index is 7.02. The topological polar surface area (TPSA) is 33.3 Å². The zero-order chi connectivity index (χ0) is 18.7. The molecule has 3 nitrogen and oxygen atoms in total. The first-order valence-corrected chi connectivity index (χ1v) is 22.3. The summed E-state index contributed by atoms with van der Waals surface area (Å²) >= 11 is 0. The molecule has 0 heterocycles. The number of nitrogens with one attached hydrogen (secondary N) is 2. The molecule has 0 aromatic rings. The van der Waals surface area contributed by atoms with E-state index in [0.717, 1.165) is 0 Å². The van der Waals surface area contributed by atoms with Gasteiger partial charge in [-0.05, 0) is 39.0 Å². The highest BCUT2D eigenvalue weighted by atomic mass is 28.4. The van der Waals surface area contributed by atoms with Gasteiger partial charge in [-0.2, -0.15) is 0 Å². The third kappa shape index (κ3) is 9.13. The van der Waals surface area contributed by atoms with Crippen molar-refractivity contribution in [2.75, 3.05) is 0 Å². The summed E-state index contributed by atoms with van der Waals surface area (Å²) in [7, 11) is -6.12. The van der Waals surface area contributed by atoms with Crippen molar-refractivity contribution in [3.63, 3.8) is 0 Å². The molecule has 140 valence electrons.